The molecule has 104 valence electrons. The molecule has 0 saturated heterocycles. The first-order chi connectivity index (χ1) is 9.04. The lowest BCUT2D eigenvalue weighted by molar-refractivity contribution is 0.179. The van der Waals surface area contributed by atoms with E-state index in [1.165, 1.54) is 29.7 Å². The van der Waals surface area contributed by atoms with Gasteiger partial charge in [-0.15, -0.1) is 0 Å². The maximum absolute atomic E-state index is 12.4. The molecule has 0 radical (unpaired) electrons. The van der Waals surface area contributed by atoms with Crippen molar-refractivity contribution >= 4 is 15.8 Å². The molecule has 1 aromatic heterocycles. The number of ether oxygens (including phenoxy) is 1. The number of nitrogen functional groups attached to an aromatic ring is 1. The number of rotatable bonds is 7. The minimum absolute atomic E-state index is 0.0518. The van der Waals surface area contributed by atoms with Crippen molar-refractivity contribution in [3.05, 3.63) is 18.3 Å². The summed E-state index contributed by atoms with van der Waals surface area (Å²) in [4.78, 5) is 3.71. The number of nitriles is 1. The van der Waals surface area contributed by atoms with Gasteiger partial charge in [-0.25, -0.2) is 13.4 Å². The fourth-order valence-electron chi connectivity index (χ4n) is 1.48. The average molecular weight is 284 g/mol. The number of hydrogen-bond acceptors (Lipinski definition) is 6. The number of hydrogen-bond donors (Lipinski definition) is 1. The van der Waals surface area contributed by atoms with Gasteiger partial charge in [-0.05, 0) is 12.1 Å². The number of aromatic nitrogens is 1. The third-order valence-corrected chi connectivity index (χ3v) is 4.38. The van der Waals surface area contributed by atoms with Crippen LogP contribution in [0.3, 0.4) is 0 Å². The lowest BCUT2D eigenvalue weighted by Gasteiger charge is -2.21. The fourth-order valence-corrected chi connectivity index (χ4v) is 2.97. The third kappa shape index (κ3) is 3.89. The summed E-state index contributed by atoms with van der Waals surface area (Å²) >= 11 is 0. The lowest BCUT2D eigenvalue weighted by Crippen LogP contribution is -2.35. The van der Waals surface area contributed by atoms with Crippen molar-refractivity contribution in [1.29, 1.82) is 5.26 Å². The molecule has 1 aromatic rings. The predicted molar refractivity (Wildman–Crippen MR) is 69.5 cm³/mol. The molecule has 7 nitrogen and oxygen atoms in total. The Labute approximate surface area is 112 Å². The summed E-state index contributed by atoms with van der Waals surface area (Å²) in [6.45, 7) is 0.496. The van der Waals surface area contributed by atoms with Crippen molar-refractivity contribution in [3.8, 4) is 6.07 Å². The second-order valence-corrected chi connectivity index (χ2v) is 5.60. The van der Waals surface area contributed by atoms with E-state index in [-0.39, 0.29) is 36.8 Å². The first-order valence-electron chi connectivity index (χ1n) is 5.60. The standard InChI is InChI=1S/C11H16N4O3S/c1-18-9-8-15(7-3-5-12)19(16,17)10-4-2-6-14-11(10)13/h2,4,6H,3,7-9H2,1H3,(H2,13,14). The zero-order valence-corrected chi connectivity index (χ0v) is 11.4. The van der Waals surface area contributed by atoms with Crippen LogP contribution in [0.1, 0.15) is 6.42 Å². The SMILES string of the molecule is COCCN(CCC#N)S(=O)(=O)c1cccnc1N. The minimum Gasteiger partial charge on any atom is -0.383 e. The maximum atomic E-state index is 12.4. The summed E-state index contributed by atoms with van der Waals surface area (Å²) in [7, 11) is -2.28. The molecule has 0 unspecified atom stereocenters. The monoisotopic (exact) mass is 284 g/mol. The molecule has 2 N–H and O–H groups in total. The quantitative estimate of drug-likeness (QED) is 0.766. The average Bonchev–Trinajstić information content (AvgIpc) is 2.39. The molecular formula is C11H16N4O3S. The third-order valence-electron chi connectivity index (χ3n) is 2.44. The highest BCUT2D eigenvalue weighted by molar-refractivity contribution is 7.89. The minimum atomic E-state index is -3.76. The van der Waals surface area contributed by atoms with E-state index in [9.17, 15) is 8.42 Å². The van der Waals surface area contributed by atoms with Gasteiger partial charge in [-0.3, -0.25) is 0 Å². The molecule has 1 rings (SSSR count). The van der Waals surface area contributed by atoms with E-state index < -0.39 is 10.0 Å². The molecule has 0 fully saturated rings. The highest BCUT2D eigenvalue weighted by Crippen LogP contribution is 2.20. The van der Waals surface area contributed by atoms with Crippen LogP contribution in [-0.4, -0.2) is 44.5 Å². The van der Waals surface area contributed by atoms with Gasteiger partial charge in [0, 0.05) is 32.8 Å². The van der Waals surface area contributed by atoms with E-state index in [0.717, 1.165) is 0 Å². The number of sulfonamides is 1. The van der Waals surface area contributed by atoms with Crippen molar-refractivity contribution in [2.45, 2.75) is 11.3 Å². The zero-order valence-electron chi connectivity index (χ0n) is 10.6. The van der Waals surface area contributed by atoms with Gasteiger partial charge in [-0.2, -0.15) is 9.57 Å². The zero-order chi connectivity index (χ0) is 14.3. The van der Waals surface area contributed by atoms with Gasteiger partial charge in [0.2, 0.25) is 10.0 Å². The Kier molecular flexibility index (Phi) is 5.69. The van der Waals surface area contributed by atoms with Crippen LogP contribution in [0.5, 0.6) is 0 Å². The summed E-state index contributed by atoms with van der Waals surface area (Å²) < 4.78 is 30.9. The summed E-state index contributed by atoms with van der Waals surface area (Å²) in [6, 6.07) is 4.81. The Hall–Kier alpha value is -1.69. The molecular weight excluding hydrogens is 268 g/mol. The van der Waals surface area contributed by atoms with Gasteiger partial charge in [0.25, 0.3) is 0 Å². The van der Waals surface area contributed by atoms with Crippen LogP contribution in [0, 0.1) is 11.3 Å². The molecule has 0 aliphatic heterocycles. The van der Waals surface area contributed by atoms with Gasteiger partial charge in [0.1, 0.15) is 10.7 Å². The number of anilines is 1. The van der Waals surface area contributed by atoms with E-state index in [0.29, 0.717) is 0 Å². The van der Waals surface area contributed by atoms with Crippen LogP contribution in [0.2, 0.25) is 0 Å². The summed E-state index contributed by atoms with van der Waals surface area (Å²) in [5, 5.41) is 8.59. The van der Waals surface area contributed by atoms with Crippen LogP contribution in [0.25, 0.3) is 0 Å². The molecule has 19 heavy (non-hydrogen) atoms. The summed E-state index contributed by atoms with van der Waals surface area (Å²) in [5.74, 6) is -0.0538. The fraction of sp³-hybridized carbons (Fsp3) is 0.455. The van der Waals surface area contributed by atoms with Crippen LogP contribution in [0.15, 0.2) is 23.2 Å². The van der Waals surface area contributed by atoms with Crippen LogP contribution < -0.4 is 5.73 Å². The second-order valence-electron chi connectivity index (χ2n) is 3.69. The normalized spacial score (nSPS) is 11.4. The highest BCUT2D eigenvalue weighted by Gasteiger charge is 2.26. The van der Waals surface area contributed by atoms with Crippen LogP contribution in [0.4, 0.5) is 5.82 Å². The molecule has 0 saturated carbocycles. The van der Waals surface area contributed by atoms with Gasteiger partial charge in [0.15, 0.2) is 0 Å². The number of nitrogens with two attached hydrogens (primary N) is 1. The summed E-state index contributed by atoms with van der Waals surface area (Å²) in [6.07, 6.45) is 1.52. The number of methoxy groups -OCH3 is 1. The van der Waals surface area contributed by atoms with Gasteiger partial charge < -0.3 is 10.5 Å². The molecule has 0 aromatic carbocycles. The van der Waals surface area contributed by atoms with Gasteiger partial charge in [-0.1, -0.05) is 0 Å². The van der Waals surface area contributed by atoms with Crippen molar-refractivity contribution in [1.82, 2.24) is 9.29 Å². The Bertz CT molecular complexity index is 553. The lowest BCUT2D eigenvalue weighted by atomic mass is 10.4. The Morgan fingerprint density at radius 2 is 2.26 bits per heavy atom. The van der Waals surface area contributed by atoms with Crippen LogP contribution in [-0.2, 0) is 14.8 Å². The van der Waals surface area contributed by atoms with E-state index in [2.05, 4.69) is 4.98 Å². The molecule has 0 amide bonds. The van der Waals surface area contributed by atoms with Crippen molar-refractivity contribution in [3.63, 3.8) is 0 Å². The topological polar surface area (TPSA) is 109 Å². The number of nitrogens with zero attached hydrogens (tertiary/aromatic N) is 3. The first-order valence-corrected chi connectivity index (χ1v) is 7.04. The van der Waals surface area contributed by atoms with Crippen molar-refractivity contribution in [2.24, 2.45) is 0 Å². The first kappa shape index (κ1) is 15.4. The predicted octanol–water partition coefficient (Wildman–Crippen LogP) is 0.215. The Balaban J connectivity index is 3.05. The summed E-state index contributed by atoms with van der Waals surface area (Å²) in [5.41, 5.74) is 5.59. The Morgan fingerprint density at radius 1 is 1.53 bits per heavy atom. The highest BCUT2D eigenvalue weighted by atomic mass is 32.2. The Morgan fingerprint density at radius 3 is 2.84 bits per heavy atom. The largest absolute Gasteiger partial charge is 0.383 e. The van der Waals surface area contributed by atoms with E-state index in [1.54, 1.807) is 0 Å². The van der Waals surface area contributed by atoms with E-state index in [4.69, 9.17) is 15.7 Å². The smallest absolute Gasteiger partial charge is 0.246 e. The molecule has 1 heterocycles. The number of pyridine rings is 1. The van der Waals surface area contributed by atoms with Crippen LogP contribution >= 0.6 is 0 Å². The van der Waals surface area contributed by atoms with Gasteiger partial charge >= 0.3 is 0 Å². The molecule has 0 atom stereocenters. The second kappa shape index (κ2) is 7.04. The molecule has 0 bridgehead atoms. The maximum Gasteiger partial charge on any atom is 0.246 e. The van der Waals surface area contributed by atoms with E-state index >= 15 is 0 Å². The van der Waals surface area contributed by atoms with Gasteiger partial charge in [0.05, 0.1) is 12.7 Å². The molecule has 0 spiro atoms. The molecule has 8 heteroatoms. The van der Waals surface area contributed by atoms with Crippen molar-refractivity contribution in [2.75, 3.05) is 32.5 Å². The molecule has 0 aliphatic rings. The molecule has 0 aliphatic carbocycles. The van der Waals surface area contributed by atoms with Crippen molar-refractivity contribution < 1.29 is 13.2 Å². The van der Waals surface area contributed by atoms with E-state index in [1.807, 2.05) is 6.07 Å².